The second-order valence-corrected chi connectivity index (χ2v) is 4.45. The maximum absolute atomic E-state index is 12.4. The molecule has 1 fully saturated rings. The van der Waals surface area contributed by atoms with Crippen LogP contribution in [0.1, 0.15) is 10.4 Å². The molecule has 92 valence electrons. The van der Waals surface area contributed by atoms with Gasteiger partial charge in [0.1, 0.15) is 6.10 Å². The highest BCUT2D eigenvalue weighted by Gasteiger charge is 2.24. The average Bonchev–Trinajstić information content (AvgIpc) is 2.47. The highest BCUT2D eigenvalue weighted by Crippen LogP contribution is 2.20. The molecular weight excluding hydrogens is 226 g/mol. The molecule has 1 heterocycles. The first-order valence-corrected chi connectivity index (χ1v) is 6.20. The average molecular weight is 241 g/mol. The fourth-order valence-corrected chi connectivity index (χ4v) is 2.35. The van der Waals surface area contributed by atoms with E-state index in [1.165, 1.54) is 0 Å². The number of ether oxygens (including phenoxy) is 1. The number of rotatable bonds is 2. The lowest BCUT2D eigenvalue weighted by Gasteiger charge is -2.22. The van der Waals surface area contributed by atoms with Gasteiger partial charge in [-0.25, -0.2) is 0 Å². The standard InChI is InChI=1S/C15H15NO2/c17-15(14-10-16-8-9-18-14)13-7-3-5-11-4-1-2-6-12(11)13/h1-7,14,16H,8-10H2. The van der Waals surface area contributed by atoms with E-state index in [4.69, 9.17) is 4.74 Å². The van der Waals surface area contributed by atoms with E-state index in [0.717, 1.165) is 22.9 Å². The van der Waals surface area contributed by atoms with Crippen LogP contribution in [-0.4, -0.2) is 31.6 Å². The molecule has 1 N–H and O–H groups in total. The quantitative estimate of drug-likeness (QED) is 0.817. The first kappa shape index (κ1) is 11.4. The summed E-state index contributed by atoms with van der Waals surface area (Å²) in [4.78, 5) is 12.4. The lowest BCUT2D eigenvalue weighted by molar-refractivity contribution is 0.0270. The molecule has 1 unspecified atom stereocenters. The van der Waals surface area contributed by atoms with Gasteiger partial charge in [0.25, 0.3) is 0 Å². The van der Waals surface area contributed by atoms with Crippen molar-refractivity contribution in [1.82, 2.24) is 5.32 Å². The Morgan fingerprint density at radius 3 is 2.83 bits per heavy atom. The molecule has 1 aliphatic heterocycles. The van der Waals surface area contributed by atoms with E-state index in [1.807, 2.05) is 42.5 Å². The highest BCUT2D eigenvalue weighted by atomic mass is 16.5. The number of nitrogens with one attached hydrogen (secondary N) is 1. The van der Waals surface area contributed by atoms with Crippen LogP contribution in [0.3, 0.4) is 0 Å². The van der Waals surface area contributed by atoms with Crippen molar-refractivity contribution in [2.24, 2.45) is 0 Å². The summed E-state index contributed by atoms with van der Waals surface area (Å²) in [6.07, 6.45) is -0.357. The Morgan fingerprint density at radius 2 is 2.00 bits per heavy atom. The number of benzene rings is 2. The summed E-state index contributed by atoms with van der Waals surface area (Å²) in [6, 6.07) is 13.8. The zero-order chi connectivity index (χ0) is 12.4. The van der Waals surface area contributed by atoms with Gasteiger partial charge in [-0.1, -0.05) is 42.5 Å². The van der Waals surface area contributed by atoms with Crippen LogP contribution in [0, 0.1) is 0 Å². The number of ketones is 1. The molecule has 2 aromatic rings. The summed E-state index contributed by atoms with van der Waals surface area (Å²) in [6.45, 7) is 2.02. The summed E-state index contributed by atoms with van der Waals surface area (Å²) in [5, 5.41) is 5.28. The van der Waals surface area contributed by atoms with E-state index >= 15 is 0 Å². The second kappa shape index (κ2) is 4.88. The van der Waals surface area contributed by atoms with E-state index in [2.05, 4.69) is 5.32 Å². The number of carbonyl (C=O) groups excluding carboxylic acids is 1. The molecule has 0 saturated carbocycles. The fourth-order valence-electron chi connectivity index (χ4n) is 2.35. The van der Waals surface area contributed by atoms with Gasteiger partial charge >= 0.3 is 0 Å². The van der Waals surface area contributed by atoms with Crippen molar-refractivity contribution in [3.05, 3.63) is 48.0 Å². The Morgan fingerprint density at radius 1 is 1.17 bits per heavy atom. The number of hydrogen-bond acceptors (Lipinski definition) is 3. The number of morpholine rings is 1. The van der Waals surface area contributed by atoms with Crippen molar-refractivity contribution in [1.29, 1.82) is 0 Å². The first-order valence-electron chi connectivity index (χ1n) is 6.20. The van der Waals surface area contributed by atoms with E-state index in [0.29, 0.717) is 13.2 Å². The van der Waals surface area contributed by atoms with Crippen LogP contribution < -0.4 is 5.32 Å². The Balaban J connectivity index is 2.00. The third-order valence-corrected chi connectivity index (χ3v) is 3.28. The minimum atomic E-state index is -0.357. The zero-order valence-corrected chi connectivity index (χ0v) is 10.1. The van der Waals surface area contributed by atoms with Crippen LogP contribution in [0.25, 0.3) is 10.8 Å². The monoisotopic (exact) mass is 241 g/mol. The topological polar surface area (TPSA) is 38.3 Å². The van der Waals surface area contributed by atoms with Gasteiger partial charge in [0.15, 0.2) is 5.78 Å². The number of carbonyl (C=O) groups is 1. The molecule has 18 heavy (non-hydrogen) atoms. The molecule has 3 rings (SSSR count). The van der Waals surface area contributed by atoms with Crippen molar-refractivity contribution in [3.8, 4) is 0 Å². The van der Waals surface area contributed by atoms with Crippen molar-refractivity contribution in [3.63, 3.8) is 0 Å². The predicted molar refractivity (Wildman–Crippen MR) is 70.9 cm³/mol. The molecule has 2 aromatic carbocycles. The van der Waals surface area contributed by atoms with Crippen LogP contribution in [0.4, 0.5) is 0 Å². The van der Waals surface area contributed by atoms with Crippen LogP contribution >= 0.6 is 0 Å². The number of hydrogen-bond donors (Lipinski definition) is 1. The fraction of sp³-hybridized carbons (Fsp3) is 0.267. The molecule has 1 saturated heterocycles. The third-order valence-electron chi connectivity index (χ3n) is 3.28. The van der Waals surface area contributed by atoms with E-state index in [9.17, 15) is 4.79 Å². The highest BCUT2D eigenvalue weighted by molar-refractivity contribution is 6.10. The summed E-state index contributed by atoms with van der Waals surface area (Å²) in [5.41, 5.74) is 0.752. The Labute approximate surface area is 106 Å². The molecule has 0 spiro atoms. The molecule has 1 atom stereocenters. The Kier molecular flexibility index (Phi) is 3.09. The number of Topliss-reactive ketones (excluding diaryl/α,β-unsaturated/α-hetero) is 1. The minimum absolute atomic E-state index is 0.0685. The van der Waals surface area contributed by atoms with Crippen LogP contribution in [-0.2, 0) is 4.74 Å². The van der Waals surface area contributed by atoms with E-state index in [1.54, 1.807) is 0 Å². The normalized spacial score (nSPS) is 19.9. The second-order valence-electron chi connectivity index (χ2n) is 4.45. The summed E-state index contributed by atoms with van der Waals surface area (Å²) >= 11 is 0. The molecule has 0 radical (unpaired) electrons. The third kappa shape index (κ3) is 2.03. The van der Waals surface area contributed by atoms with Gasteiger partial charge in [-0.15, -0.1) is 0 Å². The van der Waals surface area contributed by atoms with Crippen molar-refractivity contribution in [2.75, 3.05) is 19.7 Å². The van der Waals surface area contributed by atoms with Gasteiger partial charge < -0.3 is 10.1 Å². The summed E-state index contributed by atoms with van der Waals surface area (Å²) in [7, 11) is 0. The summed E-state index contributed by atoms with van der Waals surface area (Å²) in [5.74, 6) is 0.0685. The minimum Gasteiger partial charge on any atom is -0.367 e. The smallest absolute Gasteiger partial charge is 0.193 e. The van der Waals surface area contributed by atoms with Crippen molar-refractivity contribution < 1.29 is 9.53 Å². The molecular formula is C15H15NO2. The largest absolute Gasteiger partial charge is 0.367 e. The maximum Gasteiger partial charge on any atom is 0.193 e. The van der Waals surface area contributed by atoms with Gasteiger partial charge in [-0.2, -0.15) is 0 Å². The van der Waals surface area contributed by atoms with E-state index in [-0.39, 0.29) is 11.9 Å². The SMILES string of the molecule is O=C(c1cccc2ccccc12)C1CNCCO1. The molecule has 0 aromatic heterocycles. The van der Waals surface area contributed by atoms with Gasteiger partial charge in [0.2, 0.25) is 0 Å². The Hall–Kier alpha value is -1.71. The molecule has 3 nitrogen and oxygen atoms in total. The summed E-state index contributed by atoms with van der Waals surface area (Å²) < 4.78 is 5.53. The van der Waals surface area contributed by atoms with Gasteiger partial charge in [0, 0.05) is 18.7 Å². The molecule has 0 aliphatic carbocycles. The van der Waals surface area contributed by atoms with Crippen LogP contribution in [0.5, 0.6) is 0 Å². The first-order chi connectivity index (χ1) is 8.86. The lowest BCUT2D eigenvalue weighted by Crippen LogP contribution is -2.43. The van der Waals surface area contributed by atoms with Gasteiger partial charge in [-0.3, -0.25) is 4.79 Å². The molecule has 3 heteroatoms. The van der Waals surface area contributed by atoms with Crippen LogP contribution in [0.15, 0.2) is 42.5 Å². The van der Waals surface area contributed by atoms with Crippen LogP contribution in [0.2, 0.25) is 0 Å². The van der Waals surface area contributed by atoms with Crippen molar-refractivity contribution in [2.45, 2.75) is 6.10 Å². The maximum atomic E-state index is 12.4. The molecule has 0 amide bonds. The number of fused-ring (bicyclic) bond motifs is 1. The lowest BCUT2D eigenvalue weighted by atomic mass is 9.98. The molecule has 0 bridgehead atoms. The Bertz CT molecular complexity index is 568. The van der Waals surface area contributed by atoms with E-state index < -0.39 is 0 Å². The van der Waals surface area contributed by atoms with Gasteiger partial charge in [-0.05, 0) is 10.8 Å². The molecule has 1 aliphatic rings. The van der Waals surface area contributed by atoms with Gasteiger partial charge in [0.05, 0.1) is 6.61 Å². The predicted octanol–water partition coefficient (Wildman–Crippen LogP) is 2.01. The van der Waals surface area contributed by atoms with Crippen molar-refractivity contribution >= 4 is 16.6 Å². The zero-order valence-electron chi connectivity index (χ0n) is 10.1.